The third-order valence-corrected chi connectivity index (χ3v) is 3.36. The van der Waals surface area contributed by atoms with Gasteiger partial charge in [-0.1, -0.05) is 0 Å². The second-order valence-electron chi connectivity index (χ2n) is 4.59. The fourth-order valence-corrected chi connectivity index (χ4v) is 2.17. The molecule has 0 bridgehead atoms. The predicted molar refractivity (Wildman–Crippen MR) is 70.1 cm³/mol. The maximum absolute atomic E-state index is 12.2. The summed E-state index contributed by atoms with van der Waals surface area (Å²) >= 11 is 0. The number of aromatic nitrogens is 1. The zero-order valence-electron chi connectivity index (χ0n) is 11.6. The van der Waals surface area contributed by atoms with Crippen LogP contribution in [-0.4, -0.2) is 66.6 Å². The lowest BCUT2D eigenvalue weighted by atomic mass is 10.2. The fraction of sp³-hybridized carbons (Fsp3) is 0.692. The van der Waals surface area contributed by atoms with Crippen LogP contribution < -0.4 is 0 Å². The number of nitrogens with zero attached hydrogens (tertiary/aromatic N) is 3. The Labute approximate surface area is 113 Å². The van der Waals surface area contributed by atoms with Crippen LogP contribution in [0.2, 0.25) is 0 Å². The van der Waals surface area contributed by atoms with Gasteiger partial charge in [0.1, 0.15) is 5.76 Å². The second-order valence-corrected chi connectivity index (χ2v) is 4.59. The number of ether oxygens (including phenoxy) is 1. The van der Waals surface area contributed by atoms with Crippen molar-refractivity contribution in [2.45, 2.75) is 13.8 Å². The van der Waals surface area contributed by atoms with Crippen molar-refractivity contribution in [3.63, 3.8) is 0 Å². The third kappa shape index (κ3) is 3.54. The molecule has 1 saturated heterocycles. The van der Waals surface area contributed by atoms with Crippen LogP contribution in [-0.2, 0) is 4.74 Å². The number of rotatable bonds is 5. The van der Waals surface area contributed by atoms with E-state index in [1.54, 1.807) is 6.92 Å². The molecule has 1 aromatic rings. The second kappa shape index (κ2) is 6.68. The van der Waals surface area contributed by atoms with Crippen molar-refractivity contribution in [1.82, 2.24) is 14.8 Å². The highest BCUT2D eigenvalue weighted by Gasteiger charge is 2.24. The first-order valence-electron chi connectivity index (χ1n) is 6.71. The first-order valence-corrected chi connectivity index (χ1v) is 6.71. The monoisotopic (exact) mass is 267 g/mol. The molecule has 0 spiro atoms. The van der Waals surface area contributed by atoms with E-state index in [4.69, 9.17) is 9.15 Å². The molecule has 0 unspecified atom stereocenters. The van der Waals surface area contributed by atoms with Gasteiger partial charge in [-0.2, -0.15) is 0 Å². The van der Waals surface area contributed by atoms with E-state index >= 15 is 0 Å². The lowest BCUT2D eigenvalue weighted by Gasteiger charge is -2.34. The van der Waals surface area contributed by atoms with Crippen molar-refractivity contribution in [3.05, 3.63) is 17.8 Å². The van der Waals surface area contributed by atoms with Crippen LogP contribution in [0.5, 0.6) is 0 Å². The van der Waals surface area contributed by atoms with Crippen LogP contribution in [0.1, 0.15) is 23.2 Å². The molecule has 0 N–H and O–H groups in total. The van der Waals surface area contributed by atoms with E-state index in [0.29, 0.717) is 11.5 Å². The summed E-state index contributed by atoms with van der Waals surface area (Å²) in [4.78, 5) is 20.3. The van der Waals surface area contributed by atoms with Gasteiger partial charge in [0.2, 0.25) is 0 Å². The van der Waals surface area contributed by atoms with Crippen molar-refractivity contribution < 1.29 is 13.9 Å². The van der Waals surface area contributed by atoms with Crippen LogP contribution in [0.25, 0.3) is 0 Å². The van der Waals surface area contributed by atoms with Gasteiger partial charge in [-0.15, -0.1) is 0 Å². The summed E-state index contributed by atoms with van der Waals surface area (Å²) in [5.74, 6) is 0.555. The highest BCUT2D eigenvalue weighted by molar-refractivity contribution is 5.93. The number of piperazine rings is 1. The molecule has 0 aromatic carbocycles. The van der Waals surface area contributed by atoms with Crippen LogP contribution >= 0.6 is 0 Å². The predicted octanol–water partition coefficient (Wildman–Crippen LogP) is 0.777. The summed E-state index contributed by atoms with van der Waals surface area (Å²) < 4.78 is 10.4. The number of amides is 1. The Morgan fingerprint density at radius 1 is 1.42 bits per heavy atom. The standard InChI is InChI=1S/C13H21N3O3/c1-3-18-9-8-15-4-6-16(7-5-15)13(17)12-11(2)19-10-14-12/h10H,3-9H2,1-2H3. The number of hydrogen-bond donors (Lipinski definition) is 0. The van der Waals surface area contributed by atoms with Gasteiger partial charge in [-0.3, -0.25) is 9.69 Å². The fourth-order valence-electron chi connectivity index (χ4n) is 2.17. The Hall–Kier alpha value is -1.40. The summed E-state index contributed by atoms with van der Waals surface area (Å²) in [6, 6.07) is 0. The molecule has 0 saturated carbocycles. The number of aryl methyl sites for hydroxylation is 1. The van der Waals surface area contributed by atoms with E-state index in [1.165, 1.54) is 6.39 Å². The van der Waals surface area contributed by atoms with Crippen molar-refractivity contribution in [2.24, 2.45) is 0 Å². The first-order chi connectivity index (χ1) is 9.22. The molecular weight excluding hydrogens is 246 g/mol. The molecule has 106 valence electrons. The smallest absolute Gasteiger partial charge is 0.276 e. The minimum atomic E-state index is -0.0318. The highest BCUT2D eigenvalue weighted by atomic mass is 16.5. The van der Waals surface area contributed by atoms with Crippen LogP contribution in [0.4, 0.5) is 0 Å². The van der Waals surface area contributed by atoms with Crippen LogP contribution in [0, 0.1) is 6.92 Å². The van der Waals surface area contributed by atoms with Crippen molar-refractivity contribution >= 4 is 5.91 Å². The number of carbonyl (C=O) groups is 1. The molecule has 19 heavy (non-hydrogen) atoms. The molecule has 1 fully saturated rings. The maximum atomic E-state index is 12.2. The summed E-state index contributed by atoms with van der Waals surface area (Å²) in [6.45, 7) is 9.44. The van der Waals surface area contributed by atoms with Gasteiger partial charge in [0.25, 0.3) is 5.91 Å². The Bertz CT molecular complexity index is 411. The molecule has 1 aliphatic heterocycles. The summed E-state index contributed by atoms with van der Waals surface area (Å²) in [6.07, 6.45) is 1.32. The molecule has 1 amide bonds. The normalized spacial score (nSPS) is 16.8. The maximum Gasteiger partial charge on any atom is 0.276 e. The van der Waals surface area contributed by atoms with E-state index in [9.17, 15) is 4.79 Å². The van der Waals surface area contributed by atoms with Gasteiger partial charge in [0.05, 0.1) is 6.61 Å². The average Bonchev–Trinajstić information content (AvgIpc) is 2.85. The highest BCUT2D eigenvalue weighted by Crippen LogP contribution is 2.11. The van der Waals surface area contributed by atoms with Crippen molar-refractivity contribution in [2.75, 3.05) is 45.9 Å². The Kier molecular flexibility index (Phi) is 4.93. The molecule has 1 aliphatic rings. The van der Waals surface area contributed by atoms with Gasteiger partial charge in [0, 0.05) is 39.3 Å². The minimum absolute atomic E-state index is 0.0318. The molecule has 0 radical (unpaired) electrons. The van der Waals surface area contributed by atoms with Gasteiger partial charge in [-0.05, 0) is 13.8 Å². The van der Waals surface area contributed by atoms with Gasteiger partial charge in [0.15, 0.2) is 12.1 Å². The summed E-state index contributed by atoms with van der Waals surface area (Å²) in [7, 11) is 0. The van der Waals surface area contributed by atoms with Crippen molar-refractivity contribution in [3.8, 4) is 0 Å². The Balaban J connectivity index is 1.80. The van der Waals surface area contributed by atoms with E-state index in [2.05, 4.69) is 9.88 Å². The molecule has 2 heterocycles. The lowest BCUT2D eigenvalue weighted by Crippen LogP contribution is -2.49. The van der Waals surface area contributed by atoms with E-state index in [1.807, 2.05) is 11.8 Å². The molecule has 6 heteroatoms. The van der Waals surface area contributed by atoms with Gasteiger partial charge in [-0.25, -0.2) is 4.98 Å². The first kappa shape index (κ1) is 14.0. The zero-order chi connectivity index (χ0) is 13.7. The van der Waals surface area contributed by atoms with E-state index in [0.717, 1.165) is 45.9 Å². The topological polar surface area (TPSA) is 58.8 Å². The largest absolute Gasteiger partial charge is 0.448 e. The van der Waals surface area contributed by atoms with Gasteiger partial charge < -0.3 is 14.1 Å². The summed E-state index contributed by atoms with van der Waals surface area (Å²) in [5, 5.41) is 0. The minimum Gasteiger partial charge on any atom is -0.448 e. The molecule has 2 rings (SSSR count). The van der Waals surface area contributed by atoms with E-state index in [-0.39, 0.29) is 5.91 Å². The van der Waals surface area contributed by atoms with Gasteiger partial charge >= 0.3 is 0 Å². The van der Waals surface area contributed by atoms with E-state index < -0.39 is 0 Å². The third-order valence-electron chi connectivity index (χ3n) is 3.36. The average molecular weight is 267 g/mol. The molecule has 6 nitrogen and oxygen atoms in total. The number of carbonyl (C=O) groups excluding carboxylic acids is 1. The number of oxazole rings is 1. The molecule has 0 aliphatic carbocycles. The SMILES string of the molecule is CCOCCN1CCN(C(=O)c2ncoc2C)CC1. The molecular formula is C13H21N3O3. The molecule has 1 aromatic heterocycles. The summed E-state index contributed by atoms with van der Waals surface area (Å²) in [5.41, 5.74) is 0.433. The van der Waals surface area contributed by atoms with Crippen LogP contribution in [0.3, 0.4) is 0 Å². The Morgan fingerprint density at radius 2 is 2.16 bits per heavy atom. The quantitative estimate of drug-likeness (QED) is 0.738. The Morgan fingerprint density at radius 3 is 2.74 bits per heavy atom. The zero-order valence-corrected chi connectivity index (χ0v) is 11.6. The lowest BCUT2D eigenvalue weighted by molar-refractivity contribution is 0.0559. The van der Waals surface area contributed by atoms with Crippen molar-refractivity contribution in [1.29, 1.82) is 0 Å². The van der Waals surface area contributed by atoms with Crippen LogP contribution in [0.15, 0.2) is 10.8 Å². The molecule has 0 atom stereocenters. The number of hydrogen-bond acceptors (Lipinski definition) is 5.